The molecule has 8 heteroatoms. The second-order valence-electron chi connectivity index (χ2n) is 6.00. The maximum atomic E-state index is 10.8. The minimum atomic E-state index is -0.452. The second-order valence-corrected chi connectivity index (χ2v) is 6.92. The zero-order chi connectivity index (χ0) is 20.6. The van der Waals surface area contributed by atoms with Crippen molar-refractivity contribution in [2.24, 2.45) is 5.10 Å². The summed E-state index contributed by atoms with van der Waals surface area (Å²) in [6.07, 6.45) is 1.60. The number of non-ortho nitro benzene ring substituents is 1. The summed E-state index contributed by atoms with van der Waals surface area (Å²) < 4.78 is 12.3. The molecule has 0 bridgehead atoms. The molecule has 29 heavy (non-hydrogen) atoms. The lowest BCUT2D eigenvalue weighted by Gasteiger charge is -2.11. The molecule has 0 unspecified atom stereocenters. The standard InChI is InChI=1S/C21H18BrN3O4/c1-28-21-11-16(13-23-24-18-3-2-4-19(12-18)25(26)27)7-10-20(21)29-14-15-5-8-17(22)9-6-15/h2-13,24H,14H2,1H3. The molecule has 0 saturated carbocycles. The van der Waals surface area contributed by atoms with Crippen LogP contribution in [0.5, 0.6) is 11.5 Å². The molecule has 1 N–H and O–H groups in total. The quantitative estimate of drug-likeness (QED) is 0.279. The third kappa shape index (κ3) is 5.79. The van der Waals surface area contributed by atoms with Crippen molar-refractivity contribution >= 4 is 33.5 Å². The van der Waals surface area contributed by atoms with E-state index in [1.54, 1.807) is 31.5 Å². The molecule has 0 aliphatic heterocycles. The highest BCUT2D eigenvalue weighted by molar-refractivity contribution is 9.10. The van der Waals surface area contributed by atoms with Crippen LogP contribution in [0.3, 0.4) is 0 Å². The predicted molar refractivity (Wildman–Crippen MR) is 116 cm³/mol. The third-order valence-electron chi connectivity index (χ3n) is 3.96. The molecule has 7 nitrogen and oxygen atoms in total. The zero-order valence-electron chi connectivity index (χ0n) is 15.5. The summed E-state index contributed by atoms with van der Waals surface area (Å²) in [5.74, 6) is 1.21. The van der Waals surface area contributed by atoms with Gasteiger partial charge in [0.15, 0.2) is 11.5 Å². The third-order valence-corrected chi connectivity index (χ3v) is 4.49. The molecular weight excluding hydrogens is 438 g/mol. The van der Waals surface area contributed by atoms with Gasteiger partial charge in [-0.1, -0.05) is 34.1 Å². The molecule has 0 fully saturated rings. The topological polar surface area (TPSA) is 86.0 Å². The van der Waals surface area contributed by atoms with Crippen molar-refractivity contribution in [3.63, 3.8) is 0 Å². The Morgan fingerprint density at radius 1 is 1.10 bits per heavy atom. The number of ether oxygens (including phenoxy) is 2. The van der Waals surface area contributed by atoms with Gasteiger partial charge in [0.2, 0.25) is 0 Å². The molecule has 0 saturated heterocycles. The van der Waals surface area contributed by atoms with E-state index in [-0.39, 0.29) is 5.69 Å². The number of nitro benzene ring substituents is 1. The monoisotopic (exact) mass is 455 g/mol. The minimum absolute atomic E-state index is 0.000792. The Morgan fingerprint density at radius 2 is 1.90 bits per heavy atom. The number of nitrogens with one attached hydrogen (secondary N) is 1. The van der Waals surface area contributed by atoms with Crippen LogP contribution in [-0.2, 0) is 6.61 Å². The van der Waals surface area contributed by atoms with Crippen molar-refractivity contribution in [2.75, 3.05) is 12.5 Å². The number of hydrogen-bond acceptors (Lipinski definition) is 6. The van der Waals surface area contributed by atoms with Crippen LogP contribution in [0, 0.1) is 10.1 Å². The lowest BCUT2D eigenvalue weighted by atomic mass is 10.2. The number of benzene rings is 3. The highest BCUT2D eigenvalue weighted by Crippen LogP contribution is 2.28. The Balaban J connectivity index is 1.64. The predicted octanol–water partition coefficient (Wildman–Crippen LogP) is 5.39. The van der Waals surface area contributed by atoms with Crippen molar-refractivity contribution in [2.45, 2.75) is 6.61 Å². The van der Waals surface area contributed by atoms with Gasteiger partial charge in [0.25, 0.3) is 5.69 Å². The largest absolute Gasteiger partial charge is 0.493 e. The Morgan fingerprint density at radius 3 is 2.62 bits per heavy atom. The molecular formula is C21H18BrN3O4. The number of hydrazone groups is 1. The molecule has 3 aromatic rings. The summed E-state index contributed by atoms with van der Waals surface area (Å²) in [4.78, 5) is 10.4. The Labute approximate surface area is 176 Å². The van der Waals surface area contributed by atoms with Crippen LogP contribution < -0.4 is 14.9 Å². The number of nitrogens with zero attached hydrogens (tertiary/aromatic N) is 2. The molecule has 0 heterocycles. The highest BCUT2D eigenvalue weighted by Gasteiger charge is 2.07. The van der Waals surface area contributed by atoms with E-state index < -0.39 is 4.92 Å². The van der Waals surface area contributed by atoms with Gasteiger partial charge < -0.3 is 9.47 Å². The van der Waals surface area contributed by atoms with Gasteiger partial charge >= 0.3 is 0 Å². The normalized spacial score (nSPS) is 10.7. The number of methoxy groups -OCH3 is 1. The van der Waals surface area contributed by atoms with Crippen molar-refractivity contribution < 1.29 is 14.4 Å². The fraction of sp³-hybridized carbons (Fsp3) is 0.0952. The Bertz CT molecular complexity index is 1020. The van der Waals surface area contributed by atoms with Crippen LogP contribution in [0.1, 0.15) is 11.1 Å². The first-order valence-corrected chi connectivity index (χ1v) is 9.43. The van der Waals surface area contributed by atoms with E-state index in [4.69, 9.17) is 9.47 Å². The lowest BCUT2D eigenvalue weighted by molar-refractivity contribution is -0.384. The van der Waals surface area contributed by atoms with E-state index in [0.29, 0.717) is 23.8 Å². The van der Waals surface area contributed by atoms with E-state index in [1.807, 2.05) is 36.4 Å². The van der Waals surface area contributed by atoms with Gasteiger partial charge in [-0.2, -0.15) is 5.10 Å². The maximum Gasteiger partial charge on any atom is 0.271 e. The van der Waals surface area contributed by atoms with Gasteiger partial charge in [-0.15, -0.1) is 0 Å². The van der Waals surface area contributed by atoms with E-state index in [2.05, 4.69) is 26.5 Å². The fourth-order valence-electron chi connectivity index (χ4n) is 2.50. The average Bonchev–Trinajstić information content (AvgIpc) is 2.74. The van der Waals surface area contributed by atoms with E-state index in [9.17, 15) is 10.1 Å². The number of nitro groups is 1. The Hall–Kier alpha value is -3.39. The molecule has 0 radical (unpaired) electrons. The first-order chi connectivity index (χ1) is 14.0. The second kappa shape index (κ2) is 9.70. The van der Waals surface area contributed by atoms with Gasteiger partial charge in [0.05, 0.1) is 23.9 Å². The molecule has 0 amide bonds. The van der Waals surface area contributed by atoms with Crippen LogP contribution in [0.2, 0.25) is 0 Å². The first kappa shape index (κ1) is 20.3. The van der Waals surface area contributed by atoms with Crippen molar-refractivity contribution in [3.05, 3.63) is 92.4 Å². The molecule has 3 aromatic carbocycles. The summed E-state index contributed by atoms with van der Waals surface area (Å²) in [5.41, 5.74) is 5.14. The summed E-state index contributed by atoms with van der Waals surface area (Å²) >= 11 is 3.41. The van der Waals surface area contributed by atoms with Crippen molar-refractivity contribution in [1.29, 1.82) is 0 Å². The summed E-state index contributed by atoms with van der Waals surface area (Å²) in [6, 6.07) is 19.5. The number of halogens is 1. The molecule has 0 aliphatic carbocycles. The molecule has 0 atom stereocenters. The van der Waals surface area contributed by atoms with E-state index in [1.165, 1.54) is 12.1 Å². The van der Waals surface area contributed by atoms with E-state index >= 15 is 0 Å². The molecule has 3 rings (SSSR count). The molecule has 0 aromatic heterocycles. The number of hydrogen-bond donors (Lipinski definition) is 1. The van der Waals surface area contributed by atoms with Crippen LogP contribution >= 0.6 is 15.9 Å². The fourth-order valence-corrected chi connectivity index (χ4v) is 2.76. The molecule has 0 spiro atoms. The number of anilines is 1. The van der Waals surface area contributed by atoms with Gasteiger partial charge in [-0.05, 0) is 47.5 Å². The Kier molecular flexibility index (Phi) is 6.80. The van der Waals surface area contributed by atoms with Gasteiger partial charge in [0, 0.05) is 16.6 Å². The minimum Gasteiger partial charge on any atom is -0.493 e. The summed E-state index contributed by atoms with van der Waals surface area (Å²) in [5, 5.41) is 14.9. The van der Waals surface area contributed by atoms with Gasteiger partial charge in [0.1, 0.15) is 6.61 Å². The highest BCUT2D eigenvalue weighted by atomic mass is 79.9. The molecule has 0 aliphatic rings. The lowest BCUT2D eigenvalue weighted by Crippen LogP contribution is -1.98. The molecule has 148 valence electrons. The SMILES string of the molecule is COc1cc(C=NNc2cccc([N+](=O)[O-])c2)ccc1OCc1ccc(Br)cc1. The van der Waals surface area contributed by atoms with Crippen LogP contribution in [0.15, 0.2) is 76.3 Å². The van der Waals surface area contributed by atoms with Gasteiger partial charge in [-0.3, -0.25) is 15.5 Å². The zero-order valence-corrected chi connectivity index (χ0v) is 17.1. The van der Waals surface area contributed by atoms with Crippen LogP contribution in [0.25, 0.3) is 0 Å². The van der Waals surface area contributed by atoms with Crippen LogP contribution in [-0.4, -0.2) is 18.2 Å². The smallest absolute Gasteiger partial charge is 0.271 e. The number of rotatable bonds is 8. The van der Waals surface area contributed by atoms with Crippen molar-refractivity contribution in [1.82, 2.24) is 0 Å². The van der Waals surface area contributed by atoms with Crippen LogP contribution in [0.4, 0.5) is 11.4 Å². The average molecular weight is 456 g/mol. The van der Waals surface area contributed by atoms with E-state index in [0.717, 1.165) is 15.6 Å². The summed E-state index contributed by atoms with van der Waals surface area (Å²) in [6.45, 7) is 0.422. The van der Waals surface area contributed by atoms with Gasteiger partial charge in [-0.25, -0.2) is 0 Å². The first-order valence-electron chi connectivity index (χ1n) is 8.64. The summed E-state index contributed by atoms with van der Waals surface area (Å²) in [7, 11) is 1.57. The van der Waals surface area contributed by atoms with Crippen molar-refractivity contribution in [3.8, 4) is 11.5 Å². The maximum absolute atomic E-state index is 10.8.